The molecule has 4 heteroatoms. The summed E-state index contributed by atoms with van der Waals surface area (Å²) >= 11 is 11.8. The quantitative estimate of drug-likeness (QED) is 0.833. The molecule has 1 unspecified atom stereocenters. The van der Waals surface area contributed by atoms with Crippen LogP contribution >= 0.6 is 23.2 Å². The summed E-state index contributed by atoms with van der Waals surface area (Å²) in [6.07, 6.45) is 2.07. The molecular formula is C12H11Cl2NO. The Morgan fingerprint density at radius 3 is 2.69 bits per heavy atom. The van der Waals surface area contributed by atoms with Crippen molar-refractivity contribution in [2.24, 2.45) is 0 Å². The smallest absolute Gasteiger partial charge is 0.159 e. The van der Waals surface area contributed by atoms with Gasteiger partial charge in [-0.2, -0.15) is 0 Å². The predicted octanol–water partition coefficient (Wildman–Crippen LogP) is 3.50. The fraction of sp³-hybridized carbons (Fsp3) is 0.250. The Kier molecular flexibility index (Phi) is 3.22. The van der Waals surface area contributed by atoms with E-state index >= 15 is 0 Å². The zero-order chi connectivity index (χ0) is 11.7. The molecule has 1 aromatic carbocycles. The van der Waals surface area contributed by atoms with Crippen molar-refractivity contribution in [3.8, 4) is 0 Å². The van der Waals surface area contributed by atoms with E-state index in [-0.39, 0.29) is 11.8 Å². The van der Waals surface area contributed by atoms with E-state index in [4.69, 9.17) is 23.2 Å². The molecule has 2 rings (SSSR count). The Hall–Kier alpha value is -0.990. The minimum Gasteiger partial charge on any atom is -0.381 e. The summed E-state index contributed by atoms with van der Waals surface area (Å²) in [5.74, 6) is 0.132. The molecule has 1 aliphatic rings. The minimum absolute atomic E-state index is 0.00716. The molecule has 0 saturated carbocycles. The van der Waals surface area contributed by atoms with Gasteiger partial charge in [0.1, 0.15) is 0 Å². The lowest BCUT2D eigenvalue weighted by Crippen LogP contribution is -2.26. The number of benzene rings is 1. The van der Waals surface area contributed by atoms with Gasteiger partial charge in [0.2, 0.25) is 0 Å². The van der Waals surface area contributed by atoms with Crippen LogP contribution in [0.4, 0.5) is 0 Å². The minimum atomic E-state index is -0.00716. The number of carbonyl (C=O) groups is 1. The van der Waals surface area contributed by atoms with Gasteiger partial charge in [-0.1, -0.05) is 29.3 Å². The van der Waals surface area contributed by atoms with Gasteiger partial charge in [-0.25, -0.2) is 0 Å². The van der Waals surface area contributed by atoms with Crippen molar-refractivity contribution in [1.82, 2.24) is 5.32 Å². The second-order valence-electron chi connectivity index (χ2n) is 3.87. The van der Waals surface area contributed by atoms with E-state index in [1.807, 2.05) is 13.0 Å². The van der Waals surface area contributed by atoms with Gasteiger partial charge in [-0.05, 0) is 30.7 Å². The fourth-order valence-electron chi connectivity index (χ4n) is 1.80. The molecule has 0 fully saturated rings. The topological polar surface area (TPSA) is 29.1 Å². The summed E-state index contributed by atoms with van der Waals surface area (Å²) in [5.41, 5.74) is 1.86. The molecule has 0 saturated heterocycles. The highest BCUT2D eigenvalue weighted by Crippen LogP contribution is 2.28. The van der Waals surface area contributed by atoms with Crippen LogP contribution in [0.5, 0.6) is 0 Å². The van der Waals surface area contributed by atoms with Crippen LogP contribution in [0.25, 0.3) is 0 Å². The van der Waals surface area contributed by atoms with Gasteiger partial charge in [-0.3, -0.25) is 4.79 Å². The molecule has 1 heterocycles. The van der Waals surface area contributed by atoms with Gasteiger partial charge in [0.15, 0.2) is 5.78 Å². The molecule has 2 nitrogen and oxygen atoms in total. The average molecular weight is 256 g/mol. The van der Waals surface area contributed by atoms with Crippen LogP contribution in [0.15, 0.2) is 30.0 Å². The Balaban J connectivity index is 2.28. The van der Waals surface area contributed by atoms with Crippen LogP contribution in [-0.4, -0.2) is 5.78 Å². The van der Waals surface area contributed by atoms with Gasteiger partial charge in [0.25, 0.3) is 0 Å². The molecule has 1 N–H and O–H groups in total. The number of allylic oxidation sites excluding steroid dienone is 2. The largest absolute Gasteiger partial charge is 0.381 e. The summed E-state index contributed by atoms with van der Waals surface area (Å²) in [4.78, 5) is 11.4. The van der Waals surface area contributed by atoms with E-state index in [9.17, 15) is 4.79 Å². The molecule has 1 aliphatic heterocycles. The second kappa shape index (κ2) is 4.48. The molecule has 0 amide bonds. The molecule has 1 aromatic rings. The fourth-order valence-corrected chi connectivity index (χ4v) is 2.11. The van der Waals surface area contributed by atoms with E-state index in [1.54, 1.807) is 18.2 Å². The molecular weight excluding hydrogens is 245 g/mol. The van der Waals surface area contributed by atoms with E-state index in [1.165, 1.54) is 0 Å². The predicted molar refractivity (Wildman–Crippen MR) is 65.7 cm³/mol. The maximum Gasteiger partial charge on any atom is 0.159 e. The van der Waals surface area contributed by atoms with E-state index in [0.717, 1.165) is 11.3 Å². The summed E-state index contributed by atoms with van der Waals surface area (Å²) < 4.78 is 0. The number of hydrogen-bond donors (Lipinski definition) is 1. The molecule has 0 aromatic heterocycles. The van der Waals surface area contributed by atoms with Crippen LogP contribution in [0.1, 0.15) is 24.9 Å². The normalized spacial score (nSPS) is 20.3. The van der Waals surface area contributed by atoms with Gasteiger partial charge in [0, 0.05) is 12.1 Å². The molecule has 0 spiro atoms. The van der Waals surface area contributed by atoms with Crippen molar-refractivity contribution in [3.63, 3.8) is 0 Å². The summed E-state index contributed by atoms with van der Waals surface area (Å²) in [6, 6.07) is 5.43. The monoisotopic (exact) mass is 255 g/mol. The standard InChI is InChI=1S/C12H11Cl2NO/c1-7-4-9(16)6-12(15-7)8-2-3-10(13)11(14)5-8/h2-5,12,15H,6H2,1H3. The third-order valence-electron chi connectivity index (χ3n) is 2.53. The molecule has 0 radical (unpaired) electrons. The van der Waals surface area contributed by atoms with Crippen LogP contribution in [-0.2, 0) is 4.79 Å². The number of hydrogen-bond acceptors (Lipinski definition) is 2. The maximum atomic E-state index is 11.4. The Bertz CT molecular complexity index is 468. The van der Waals surface area contributed by atoms with E-state index in [2.05, 4.69) is 5.32 Å². The van der Waals surface area contributed by atoms with Crippen molar-refractivity contribution in [2.75, 3.05) is 0 Å². The zero-order valence-electron chi connectivity index (χ0n) is 8.76. The third-order valence-corrected chi connectivity index (χ3v) is 3.27. The highest BCUT2D eigenvalue weighted by Gasteiger charge is 2.19. The first kappa shape index (κ1) is 11.5. The molecule has 84 valence electrons. The molecule has 0 bridgehead atoms. The molecule has 1 atom stereocenters. The number of carbonyl (C=O) groups excluding carboxylic acids is 1. The summed E-state index contributed by atoms with van der Waals surface area (Å²) in [5, 5.41) is 4.29. The van der Waals surface area contributed by atoms with Gasteiger partial charge in [-0.15, -0.1) is 0 Å². The maximum absolute atomic E-state index is 11.4. The van der Waals surface area contributed by atoms with Gasteiger partial charge in [0.05, 0.1) is 16.1 Å². The number of nitrogens with one attached hydrogen (secondary N) is 1. The van der Waals surface area contributed by atoms with Crippen LogP contribution in [0.3, 0.4) is 0 Å². The molecule has 16 heavy (non-hydrogen) atoms. The van der Waals surface area contributed by atoms with Crippen molar-refractivity contribution in [3.05, 3.63) is 45.6 Å². The Morgan fingerprint density at radius 1 is 1.31 bits per heavy atom. The van der Waals surface area contributed by atoms with Gasteiger partial charge < -0.3 is 5.32 Å². The lowest BCUT2D eigenvalue weighted by Gasteiger charge is -2.23. The number of halogens is 2. The van der Waals surface area contributed by atoms with E-state index < -0.39 is 0 Å². The van der Waals surface area contributed by atoms with Gasteiger partial charge >= 0.3 is 0 Å². The Morgan fingerprint density at radius 2 is 2.06 bits per heavy atom. The third kappa shape index (κ3) is 2.39. The number of ketones is 1. The van der Waals surface area contributed by atoms with Crippen molar-refractivity contribution >= 4 is 29.0 Å². The second-order valence-corrected chi connectivity index (χ2v) is 4.68. The van der Waals surface area contributed by atoms with Crippen molar-refractivity contribution in [1.29, 1.82) is 0 Å². The lowest BCUT2D eigenvalue weighted by atomic mass is 9.98. The van der Waals surface area contributed by atoms with Crippen LogP contribution in [0.2, 0.25) is 10.0 Å². The first-order valence-corrected chi connectivity index (χ1v) is 5.74. The lowest BCUT2D eigenvalue weighted by molar-refractivity contribution is -0.115. The van der Waals surface area contributed by atoms with Crippen LogP contribution in [0, 0.1) is 0 Å². The SMILES string of the molecule is CC1=CC(=O)CC(c2ccc(Cl)c(Cl)c2)N1. The average Bonchev–Trinajstić information content (AvgIpc) is 2.20. The first-order valence-electron chi connectivity index (χ1n) is 4.99. The van der Waals surface area contributed by atoms with Crippen molar-refractivity contribution in [2.45, 2.75) is 19.4 Å². The first-order chi connectivity index (χ1) is 7.56. The summed E-state index contributed by atoms with van der Waals surface area (Å²) in [6.45, 7) is 1.88. The van der Waals surface area contributed by atoms with E-state index in [0.29, 0.717) is 16.5 Å². The number of rotatable bonds is 1. The zero-order valence-corrected chi connectivity index (χ0v) is 10.3. The summed E-state index contributed by atoms with van der Waals surface area (Å²) in [7, 11) is 0. The highest BCUT2D eigenvalue weighted by molar-refractivity contribution is 6.42. The van der Waals surface area contributed by atoms with Crippen LogP contribution < -0.4 is 5.32 Å². The Labute approximate surface area is 104 Å². The van der Waals surface area contributed by atoms with Crippen molar-refractivity contribution < 1.29 is 4.79 Å². The highest BCUT2D eigenvalue weighted by atomic mass is 35.5. The molecule has 0 aliphatic carbocycles.